The number of alkyl halides is 3. The highest BCUT2D eigenvalue weighted by atomic mass is 35.5. The van der Waals surface area contributed by atoms with Crippen LogP contribution in [0.3, 0.4) is 0 Å². The van der Waals surface area contributed by atoms with E-state index in [1.54, 1.807) is 18.2 Å². The van der Waals surface area contributed by atoms with E-state index in [1.165, 1.54) is 30.3 Å². The van der Waals surface area contributed by atoms with Crippen LogP contribution >= 0.6 is 11.6 Å². The molecule has 4 aromatic rings. The van der Waals surface area contributed by atoms with Gasteiger partial charge in [-0.2, -0.15) is 23.0 Å². The van der Waals surface area contributed by atoms with E-state index < -0.39 is 40.8 Å². The SMILES string of the molecule is O=C(O)c1cccc(-c2nn(C(=O)c3c(Cl)cccc3C(F)(F)F)c3cc(C#CCO)ccc23)c1. The van der Waals surface area contributed by atoms with Crippen molar-refractivity contribution >= 4 is 34.4 Å². The predicted octanol–water partition coefficient (Wildman–Crippen LogP) is 5.11. The maximum absolute atomic E-state index is 13.7. The van der Waals surface area contributed by atoms with Crippen LogP contribution in [-0.2, 0) is 6.18 Å². The Hall–Kier alpha value is -4.13. The molecule has 0 aliphatic heterocycles. The van der Waals surface area contributed by atoms with Gasteiger partial charge in [0.25, 0.3) is 5.91 Å². The van der Waals surface area contributed by atoms with Crippen LogP contribution in [-0.4, -0.2) is 38.5 Å². The van der Waals surface area contributed by atoms with E-state index in [1.807, 2.05) is 0 Å². The molecule has 0 fully saturated rings. The monoisotopic (exact) mass is 498 g/mol. The van der Waals surface area contributed by atoms with Crippen LogP contribution in [0.25, 0.3) is 22.2 Å². The largest absolute Gasteiger partial charge is 0.478 e. The zero-order valence-corrected chi connectivity index (χ0v) is 18.4. The second kappa shape index (κ2) is 9.25. The highest BCUT2D eigenvalue weighted by Crippen LogP contribution is 2.37. The van der Waals surface area contributed by atoms with Crippen LogP contribution < -0.4 is 0 Å². The fraction of sp³-hybridized carbons (Fsp3) is 0.0800. The molecule has 3 aromatic carbocycles. The minimum absolute atomic E-state index is 0.0348. The number of aliphatic hydroxyl groups excluding tert-OH is 1. The van der Waals surface area contributed by atoms with Crippen molar-refractivity contribution in [3.05, 3.63) is 87.9 Å². The molecule has 1 heterocycles. The maximum Gasteiger partial charge on any atom is 0.417 e. The van der Waals surface area contributed by atoms with E-state index in [2.05, 4.69) is 16.9 Å². The van der Waals surface area contributed by atoms with E-state index in [0.717, 1.165) is 16.8 Å². The first-order valence-corrected chi connectivity index (χ1v) is 10.4. The third-order valence-electron chi connectivity index (χ3n) is 5.10. The zero-order chi connectivity index (χ0) is 25.3. The number of benzene rings is 3. The Kier molecular flexibility index (Phi) is 6.35. The Morgan fingerprint density at radius 3 is 2.49 bits per heavy atom. The number of carboxylic acids is 1. The van der Waals surface area contributed by atoms with Gasteiger partial charge in [0.2, 0.25) is 0 Å². The summed E-state index contributed by atoms with van der Waals surface area (Å²) in [4.78, 5) is 24.9. The molecule has 0 spiro atoms. The van der Waals surface area contributed by atoms with Gasteiger partial charge in [0.1, 0.15) is 12.3 Å². The van der Waals surface area contributed by atoms with Gasteiger partial charge in [0.05, 0.1) is 27.2 Å². The van der Waals surface area contributed by atoms with Crippen molar-refractivity contribution in [2.24, 2.45) is 0 Å². The smallest absolute Gasteiger partial charge is 0.417 e. The quantitative estimate of drug-likeness (QED) is 0.383. The summed E-state index contributed by atoms with van der Waals surface area (Å²) in [6.45, 7) is -0.419. The number of hydrogen-bond acceptors (Lipinski definition) is 4. The van der Waals surface area contributed by atoms with Crippen LogP contribution in [0.15, 0.2) is 60.7 Å². The van der Waals surface area contributed by atoms with Gasteiger partial charge in [-0.3, -0.25) is 4.79 Å². The lowest BCUT2D eigenvalue weighted by molar-refractivity contribution is -0.137. The van der Waals surface area contributed by atoms with Gasteiger partial charge in [-0.1, -0.05) is 41.6 Å². The van der Waals surface area contributed by atoms with E-state index in [0.29, 0.717) is 16.5 Å². The molecule has 0 unspecified atom stereocenters. The second-order valence-electron chi connectivity index (χ2n) is 7.30. The fourth-order valence-electron chi connectivity index (χ4n) is 3.59. The van der Waals surface area contributed by atoms with Crippen LogP contribution in [0.5, 0.6) is 0 Å². The summed E-state index contributed by atoms with van der Waals surface area (Å²) >= 11 is 6.03. The first kappa shape index (κ1) is 24.0. The molecule has 0 amide bonds. The standard InChI is InChI=1S/C25H14ClF3N2O4/c26-19-8-2-7-18(25(27,28)29)21(19)23(33)31-20-12-14(4-3-11-32)9-10-17(20)22(30-31)15-5-1-6-16(13-15)24(34)35/h1-2,5-10,12-13,32H,11H2,(H,34,35). The number of fused-ring (bicyclic) bond motifs is 1. The number of aliphatic hydroxyl groups is 1. The maximum atomic E-state index is 13.7. The second-order valence-corrected chi connectivity index (χ2v) is 7.71. The van der Waals surface area contributed by atoms with E-state index in [9.17, 15) is 27.9 Å². The van der Waals surface area contributed by atoms with E-state index >= 15 is 0 Å². The Balaban J connectivity index is 2.01. The highest BCUT2D eigenvalue weighted by molar-refractivity contribution is 6.34. The average molecular weight is 499 g/mol. The van der Waals surface area contributed by atoms with Crippen LogP contribution in [0.1, 0.15) is 31.8 Å². The van der Waals surface area contributed by atoms with Crippen molar-refractivity contribution in [1.29, 1.82) is 0 Å². The third kappa shape index (κ3) is 4.62. The molecule has 0 aliphatic carbocycles. The van der Waals surface area contributed by atoms with Gasteiger partial charge in [0.15, 0.2) is 0 Å². The van der Waals surface area contributed by atoms with Crippen molar-refractivity contribution in [3.8, 4) is 23.1 Å². The lowest BCUT2D eigenvalue weighted by atomic mass is 10.0. The minimum Gasteiger partial charge on any atom is -0.478 e. The summed E-state index contributed by atoms with van der Waals surface area (Å²) in [5.41, 5.74) is -1.00. The summed E-state index contributed by atoms with van der Waals surface area (Å²) in [5, 5.41) is 22.6. The molecule has 0 radical (unpaired) electrons. The van der Waals surface area contributed by atoms with Crippen LogP contribution in [0.4, 0.5) is 13.2 Å². The number of carbonyl (C=O) groups is 2. The zero-order valence-electron chi connectivity index (χ0n) is 17.6. The molecule has 0 atom stereocenters. The van der Waals surface area contributed by atoms with Gasteiger partial charge < -0.3 is 10.2 Å². The number of aromatic carboxylic acids is 1. The summed E-state index contributed by atoms with van der Waals surface area (Å²) in [6, 6.07) is 13.4. The topological polar surface area (TPSA) is 92.4 Å². The molecule has 4 rings (SSSR count). The molecule has 2 N–H and O–H groups in total. The van der Waals surface area contributed by atoms with E-state index in [4.69, 9.17) is 16.7 Å². The first-order chi connectivity index (χ1) is 16.6. The lowest BCUT2D eigenvalue weighted by Gasteiger charge is -2.13. The number of carboxylic acid groups (broad SMARTS) is 1. The Morgan fingerprint density at radius 1 is 1.06 bits per heavy atom. The number of carbonyl (C=O) groups excluding carboxylic acids is 1. The highest BCUT2D eigenvalue weighted by Gasteiger charge is 2.37. The van der Waals surface area contributed by atoms with Gasteiger partial charge >= 0.3 is 12.1 Å². The molecule has 10 heteroatoms. The van der Waals surface area contributed by atoms with Gasteiger partial charge in [-0.25, -0.2) is 4.79 Å². The third-order valence-corrected chi connectivity index (χ3v) is 5.42. The molecular formula is C25H14ClF3N2O4. The van der Waals surface area contributed by atoms with Crippen molar-refractivity contribution in [1.82, 2.24) is 9.78 Å². The minimum atomic E-state index is -4.85. The molecule has 1 aromatic heterocycles. The van der Waals surface area contributed by atoms with Crippen molar-refractivity contribution in [3.63, 3.8) is 0 Å². The molecular weight excluding hydrogens is 485 g/mol. The van der Waals surface area contributed by atoms with Crippen molar-refractivity contribution in [2.75, 3.05) is 6.61 Å². The summed E-state index contributed by atoms with van der Waals surface area (Å²) in [6.07, 6.45) is -4.85. The Morgan fingerprint density at radius 2 is 1.80 bits per heavy atom. The average Bonchev–Trinajstić information content (AvgIpc) is 3.20. The fourth-order valence-corrected chi connectivity index (χ4v) is 3.84. The number of hydrogen-bond donors (Lipinski definition) is 2. The number of aromatic nitrogens is 2. The van der Waals surface area contributed by atoms with E-state index in [-0.39, 0.29) is 16.8 Å². The number of halogens is 4. The van der Waals surface area contributed by atoms with Crippen molar-refractivity contribution < 1.29 is 33.0 Å². The lowest BCUT2D eigenvalue weighted by Crippen LogP contribution is -2.20. The molecule has 0 saturated carbocycles. The molecule has 6 nitrogen and oxygen atoms in total. The number of rotatable bonds is 3. The summed E-state index contributed by atoms with van der Waals surface area (Å²) in [7, 11) is 0. The van der Waals surface area contributed by atoms with Crippen LogP contribution in [0, 0.1) is 11.8 Å². The molecule has 0 aliphatic rings. The summed E-state index contributed by atoms with van der Waals surface area (Å²) in [5.74, 6) is 2.83. The van der Waals surface area contributed by atoms with Gasteiger partial charge in [-0.15, -0.1) is 0 Å². The number of nitrogens with zero attached hydrogens (tertiary/aromatic N) is 2. The molecule has 0 bridgehead atoms. The molecule has 176 valence electrons. The normalized spacial score (nSPS) is 11.2. The van der Waals surface area contributed by atoms with Crippen LogP contribution in [0.2, 0.25) is 5.02 Å². The van der Waals surface area contributed by atoms with Gasteiger partial charge in [-0.05, 0) is 42.5 Å². The first-order valence-electron chi connectivity index (χ1n) is 9.98. The van der Waals surface area contributed by atoms with Gasteiger partial charge in [0, 0.05) is 16.5 Å². The molecule has 35 heavy (non-hydrogen) atoms. The predicted molar refractivity (Wildman–Crippen MR) is 122 cm³/mol. The Labute approximate surface area is 201 Å². The van der Waals surface area contributed by atoms with Crippen molar-refractivity contribution in [2.45, 2.75) is 6.18 Å². The molecule has 0 saturated heterocycles. The summed E-state index contributed by atoms with van der Waals surface area (Å²) < 4.78 is 41.8. The Bertz CT molecular complexity index is 1550.